The topological polar surface area (TPSA) is 192 Å². The van der Waals surface area contributed by atoms with Crippen molar-refractivity contribution in [2.75, 3.05) is 18.8 Å². The summed E-state index contributed by atoms with van der Waals surface area (Å²) in [4.78, 5) is 65.0. The summed E-state index contributed by atoms with van der Waals surface area (Å²) in [7, 11) is 0. The molecule has 3 amide bonds. The number of amides is 3. The molecule has 2 aliphatic rings. The molecule has 2 saturated heterocycles. The second-order valence-corrected chi connectivity index (χ2v) is 12.5. The highest BCUT2D eigenvalue weighted by Gasteiger charge is 2.46. The van der Waals surface area contributed by atoms with E-state index < -0.39 is 48.1 Å². The van der Waals surface area contributed by atoms with Gasteiger partial charge in [-0.25, -0.2) is 19.4 Å². The number of benzene rings is 1. The fourth-order valence-electron chi connectivity index (χ4n) is 4.98. The lowest BCUT2D eigenvalue weighted by molar-refractivity contribution is -0.193. The molecule has 0 saturated carbocycles. The molecule has 2 fully saturated rings. The summed E-state index contributed by atoms with van der Waals surface area (Å²) in [6.45, 7) is 8.48. The highest BCUT2D eigenvalue weighted by atomic mass is 19.4. The number of aliphatic carboxylic acids is 2. The molecule has 1 aromatic heterocycles. The predicted octanol–water partition coefficient (Wildman–Crippen LogP) is 4.64. The van der Waals surface area contributed by atoms with E-state index in [1.54, 1.807) is 15.9 Å². The van der Waals surface area contributed by atoms with Crippen LogP contribution in [0.15, 0.2) is 42.5 Å². The van der Waals surface area contributed by atoms with Gasteiger partial charge in [-0.15, -0.1) is 0 Å². The van der Waals surface area contributed by atoms with Crippen molar-refractivity contribution in [3.05, 3.63) is 59.3 Å². The number of aromatic nitrogens is 1. The molecule has 0 radical (unpaired) electrons. The van der Waals surface area contributed by atoms with E-state index in [-0.39, 0.29) is 17.7 Å². The number of carboxylic acids is 2. The van der Waals surface area contributed by atoms with E-state index in [2.05, 4.69) is 22.4 Å². The molecule has 3 heterocycles. The summed E-state index contributed by atoms with van der Waals surface area (Å²) in [6.07, 6.45) is -8.85. The molecule has 2 aromatic rings. The summed E-state index contributed by atoms with van der Waals surface area (Å²) < 4.78 is 69.1. The highest BCUT2D eigenvalue weighted by Crippen LogP contribution is 2.34. The number of piperidine rings is 1. The first-order valence-electron chi connectivity index (χ1n) is 15.4. The van der Waals surface area contributed by atoms with Gasteiger partial charge in [0.2, 0.25) is 11.8 Å². The summed E-state index contributed by atoms with van der Waals surface area (Å²) in [6, 6.07) is 12.3. The maximum Gasteiger partial charge on any atom is 0.490 e. The lowest BCUT2D eigenvalue weighted by Crippen LogP contribution is -2.64. The molecule has 3 atom stereocenters. The van der Waals surface area contributed by atoms with Crippen molar-refractivity contribution in [1.82, 2.24) is 20.1 Å². The third-order valence-corrected chi connectivity index (χ3v) is 7.55. The summed E-state index contributed by atoms with van der Waals surface area (Å²) in [5.74, 6) is -5.36. The van der Waals surface area contributed by atoms with Crippen molar-refractivity contribution < 1.29 is 65.3 Å². The van der Waals surface area contributed by atoms with Gasteiger partial charge in [-0.1, -0.05) is 36.4 Å². The monoisotopic (exact) mass is 735 g/mol. The molecule has 0 aliphatic carbocycles. The van der Waals surface area contributed by atoms with Crippen LogP contribution in [0.4, 0.5) is 37.0 Å². The molecule has 5 N–H and O–H groups in total. The van der Waals surface area contributed by atoms with Gasteiger partial charge in [0.1, 0.15) is 23.5 Å². The van der Waals surface area contributed by atoms with Gasteiger partial charge in [-0.05, 0) is 70.1 Å². The zero-order valence-corrected chi connectivity index (χ0v) is 28.0. The fourth-order valence-corrected chi connectivity index (χ4v) is 4.98. The van der Waals surface area contributed by atoms with Crippen LogP contribution in [-0.2, 0) is 30.5 Å². The summed E-state index contributed by atoms with van der Waals surface area (Å²) in [5.41, 5.74) is 7.82. The SMILES string of the molecule is Cc1nc(N)ccc1CNC(=O)[C@@H]1CCN1C(=O)[C@H]1C[C@@H](c2ccccc2)CCN1C(=O)OC(C)(C)C.O=C(O)C(F)(F)F.O=C(O)C(F)(F)F. The molecular weight excluding hydrogens is 696 g/mol. The maximum atomic E-state index is 13.8. The second kappa shape index (κ2) is 17.2. The maximum absolute atomic E-state index is 13.8. The molecule has 0 bridgehead atoms. The van der Waals surface area contributed by atoms with Crippen LogP contribution < -0.4 is 11.1 Å². The third-order valence-electron chi connectivity index (χ3n) is 7.55. The van der Waals surface area contributed by atoms with E-state index in [4.69, 9.17) is 30.3 Å². The number of aryl methyl sites for hydroxylation is 1. The number of ether oxygens (including phenoxy) is 1. The number of carboxylic acid groups (broad SMARTS) is 2. The van der Waals surface area contributed by atoms with Gasteiger partial charge in [-0.3, -0.25) is 14.5 Å². The highest BCUT2D eigenvalue weighted by molar-refractivity contribution is 5.93. The van der Waals surface area contributed by atoms with E-state index in [1.165, 1.54) is 0 Å². The van der Waals surface area contributed by atoms with Crippen LogP contribution in [0.2, 0.25) is 0 Å². The standard InChI is InChI=1S/C28H37N5O4.2C2HF3O2/c1-18-21(10-11-24(29)31-18)17-30-25(34)22-13-15-32(22)26(35)23-16-20(19-8-6-5-7-9-19)12-14-33(23)27(36)37-28(2,3)4;2*3-2(4,5)1(6)7/h5-11,20,22-23H,12-17H2,1-4H3,(H2,29,31)(H,30,34);2*(H,6,7)/t20-,22-,23+;;/m0../s1. The Labute approximate surface area is 288 Å². The second-order valence-electron chi connectivity index (χ2n) is 12.5. The Balaban J connectivity index is 0.000000543. The lowest BCUT2D eigenvalue weighted by Gasteiger charge is -2.46. The number of nitrogens with zero attached hydrogens (tertiary/aromatic N) is 3. The van der Waals surface area contributed by atoms with E-state index in [0.29, 0.717) is 38.3 Å². The Morgan fingerprint density at radius 3 is 1.84 bits per heavy atom. The number of alkyl halides is 6. The van der Waals surface area contributed by atoms with E-state index in [0.717, 1.165) is 23.2 Å². The Morgan fingerprint density at radius 1 is 0.863 bits per heavy atom. The van der Waals surface area contributed by atoms with Crippen LogP contribution in [0.3, 0.4) is 0 Å². The molecule has 1 aromatic carbocycles. The van der Waals surface area contributed by atoms with Crippen molar-refractivity contribution in [3.63, 3.8) is 0 Å². The van der Waals surface area contributed by atoms with Gasteiger partial charge in [0.05, 0.1) is 0 Å². The van der Waals surface area contributed by atoms with Gasteiger partial charge in [0, 0.05) is 25.3 Å². The first-order valence-corrected chi connectivity index (χ1v) is 15.4. The number of nitrogens with one attached hydrogen (secondary N) is 1. The zero-order chi connectivity index (χ0) is 38.9. The Morgan fingerprint density at radius 2 is 1.39 bits per heavy atom. The summed E-state index contributed by atoms with van der Waals surface area (Å²) in [5, 5.41) is 17.2. The Hall–Kier alpha value is -5.10. The van der Waals surface area contributed by atoms with E-state index in [9.17, 15) is 40.7 Å². The minimum atomic E-state index is -5.08. The molecule has 13 nitrogen and oxygen atoms in total. The quantitative estimate of drug-likeness (QED) is 0.315. The van der Waals surface area contributed by atoms with E-state index in [1.807, 2.05) is 52.0 Å². The number of pyridine rings is 1. The predicted molar refractivity (Wildman–Crippen MR) is 168 cm³/mol. The van der Waals surface area contributed by atoms with Crippen molar-refractivity contribution in [2.24, 2.45) is 0 Å². The zero-order valence-electron chi connectivity index (χ0n) is 28.0. The molecular formula is C32H39F6N5O8. The fraction of sp³-hybridized carbons (Fsp3) is 0.500. The molecule has 0 unspecified atom stereocenters. The van der Waals surface area contributed by atoms with Crippen LogP contribution in [0, 0.1) is 6.92 Å². The minimum absolute atomic E-state index is 0.142. The number of likely N-dealkylation sites (tertiary alicyclic amines) is 2. The molecule has 4 rings (SSSR count). The number of nitrogen functional groups attached to an aromatic ring is 1. The van der Waals surface area contributed by atoms with Gasteiger partial charge in [0.25, 0.3) is 0 Å². The van der Waals surface area contributed by atoms with Gasteiger partial charge in [-0.2, -0.15) is 26.3 Å². The van der Waals surface area contributed by atoms with Crippen molar-refractivity contribution >= 4 is 35.7 Å². The number of rotatable bonds is 5. The molecule has 282 valence electrons. The van der Waals surface area contributed by atoms with Crippen molar-refractivity contribution in [2.45, 2.75) is 89.5 Å². The molecule has 0 spiro atoms. The summed E-state index contributed by atoms with van der Waals surface area (Å²) >= 11 is 0. The van der Waals surface area contributed by atoms with Gasteiger partial charge < -0.3 is 30.9 Å². The molecule has 51 heavy (non-hydrogen) atoms. The third kappa shape index (κ3) is 12.9. The normalized spacial score (nSPS) is 18.8. The van der Waals surface area contributed by atoms with Crippen molar-refractivity contribution in [3.8, 4) is 0 Å². The van der Waals surface area contributed by atoms with Crippen LogP contribution in [-0.4, -0.2) is 98.0 Å². The number of nitrogens with two attached hydrogens (primary N) is 1. The number of halogens is 6. The number of carbonyl (C=O) groups excluding carboxylic acids is 3. The minimum Gasteiger partial charge on any atom is -0.475 e. The first kappa shape index (κ1) is 42.1. The van der Waals surface area contributed by atoms with Gasteiger partial charge >= 0.3 is 30.4 Å². The first-order chi connectivity index (χ1) is 23.4. The lowest BCUT2D eigenvalue weighted by atomic mass is 9.84. The largest absolute Gasteiger partial charge is 0.490 e. The number of anilines is 1. The number of carbonyl (C=O) groups is 5. The molecule has 19 heteroatoms. The molecule has 2 aliphatic heterocycles. The number of hydrogen-bond donors (Lipinski definition) is 4. The van der Waals surface area contributed by atoms with Crippen LogP contribution in [0.1, 0.15) is 62.8 Å². The average molecular weight is 736 g/mol. The van der Waals surface area contributed by atoms with Gasteiger partial charge in [0.15, 0.2) is 0 Å². The van der Waals surface area contributed by atoms with E-state index >= 15 is 0 Å². The average Bonchev–Trinajstić information content (AvgIpc) is 2.99. The number of hydrogen-bond acceptors (Lipinski definition) is 8. The van der Waals surface area contributed by atoms with Crippen molar-refractivity contribution in [1.29, 1.82) is 0 Å². The van der Waals surface area contributed by atoms with Crippen LogP contribution in [0.5, 0.6) is 0 Å². The Kier molecular flexibility index (Phi) is 14.2. The van der Waals surface area contributed by atoms with Crippen LogP contribution >= 0.6 is 0 Å². The Bertz CT molecular complexity index is 1530. The van der Waals surface area contributed by atoms with Crippen LogP contribution in [0.25, 0.3) is 0 Å². The smallest absolute Gasteiger partial charge is 0.475 e.